The predicted octanol–water partition coefficient (Wildman–Crippen LogP) is 2.20. The number of ether oxygens (including phenoxy) is 1. The summed E-state index contributed by atoms with van der Waals surface area (Å²) in [5, 5.41) is 0. The van der Waals surface area contributed by atoms with Gasteiger partial charge in [0, 0.05) is 37.4 Å². The highest BCUT2D eigenvalue weighted by Crippen LogP contribution is 2.39. The van der Waals surface area contributed by atoms with Gasteiger partial charge in [-0.3, -0.25) is 4.31 Å². The van der Waals surface area contributed by atoms with Crippen molar-refractivity contribution in [3.8, 4) is 21.8 Å². The van der Waals surface area contributed by atoms with Crippen LogP contribution in [0.1, 0.15) is 0 Å². The van der Waals surface area contributed by atoms with Crippen molar-refractivity contribution in [3.05, 3.63) is 42.7 Å². The Kier molecular flexibility index (Phi) is 5.79. The molecule has 170 valence electrons. The van der Waals surface area contributed by atoms with Crippen LogP contribution in [0.25, 0.3) is 32.0 Å². The first-order chi connectivity index (χ1) is 16.0. The van der Waals surface area contributed by atoms with Crippen LogP contribution in [-0.2, 0) is 15.6 Å². The minimum absolute atomic E-state index is 0.190. The summed E-state index contributed by atoms with van der Waals surface area (Å²) in [5.74, 6) is 1.54. The second-order valence-electron chi connectivity index (χ2n) is 7.44. The fourth-order valence-electron chi connectivity index (χ4n) is 3.58. The first-order valence-electron chi connectivity index (χ1n) is 10.2. The van der Waals surface area contributed by atoms with Gasteiger partial charge in [-0.2, -0.15) is 0 Å². The zero-order valence-corrected chi connectivity index (χ0v) is 19.4. The Balaban J connectivity index is 1.64. The summed E-state index contributed by atoms with van der Waals surface area (Å²) in [6, 6.07) is 9.42. The van der Waals surface area contributed by atoms with E-state index in [0.717, 1.165) is 39.6 Å². The van der Waals surface area contributed by atoms with E-state index in [-0.39, 0.29) is 5.95 Å². The lowest BCUT2D eigenvalue weighted by Gasteiger charge is -2.28. The number of hydrogen-bond donors (Lipinski definition) is 2. The number of nitrogen functional groups attached to an aromatic ring is 1. The molecule has 2 N–H and O–H groups in total. The molecule has 0 saturated carbocycles. The summed E-state index contributed by atoms with van der Waals surface area (Å²) in [6.07, 6.45) is 3.23. The molecule has 12 heteroatoms. The number of anilines is 3. The summed E-state index contributed by atoms with van der Waals surface area (Å²) in [6.45, 7) is 2.72. The van der Waals surface area contributed by atoms with Gasteiger partial charge in [-0.25, -0.2) is 28.4 Å². The number of nitrogens with two attached hydrogens (primary N) is 1. The second-order valence-corrected chi connectivity index (χ2v) is 9.56. The van der Waals surface area contributed by atoms with Crippen LogP contribution in [0.5, 0.6) is 0 Å². The van der Waals surface area contributed by atoms with E-state index >= 15 is 0 Å². The van der Waals surface area contributed by atoms with Crippen molar-refractivity contribution >= 4 is 49.9 Å². The van der Waals surface area contributed by atoms with Crippen molar-refractivity contribution in [3.63, 3.8) is 0 Å². The highest BCUT2D eigenvalue weighted by Gasteiger charge is 2.21. The first kappa shape index (κ1) is 21.5. The Morgan fingerprint density at radius 2 is 1.85 bits per heavy atom. The van der Waals surface area contributed by atoms with Crippen molar-refractivity contribution < 1.29 is 13.2 Å². The number of fused-ring (bicyclic) bond motifs is 1. The SMILES string of the molecule is CN(c1cccc(-c2cc3nc(-c4cnc(N)nc4)nc(N4CCOCC4)c3s2)c1)[SH](=O)=O. The van der Waals surface area contributed by atoms with Gasteiger partial charge in [0.1, 0.15) is 0 Å². The molecular weight excluding hydrogens is 462 g/mol. The molecule has 33 heavy (non-hydrogen) atoms. The third-order valence-corrected chi connectivity index (χ3v) is 7.23. The van der Waals surface area contributed by atoms with Gasteiger partial charge in [0.25, 0.3) is 0 Å². The number of thiophene rings is 1. The normalized spacial score (nSPS) is 14.2. The number of rotatable bonds is 5. The summed E-state index contributed by atoms with van der Waals surface area (Å²) in [4.78, 5) is 20.9. The quantitative estimate of drug-likeness (QED) is 0.411. The van der Waals surface area contributed by atoms with E-state index in [2.05, 4.69) is 14.9 Å². The molecule has 1 fully saturated rings. The Hall–Kier alpha value is -3.35. The van der Waals surface area contributed by atoms with Crippen LogP contribution in [0, 0.1) is 0 Å². The maximum absolute atomic E-state index is 11.4. The smallest absolute Gasteiger partial charge is 0.224 e. The molecular formula is C21H21N7O3S2. The maximum atomic E-state index is 11.4. The Bertz CT molecular complexity index is 1370. The van der Waals surface area contributed by atoms with Crippen LogP contribution in [0.4, 0.5) is 17.5 Å². The number of hydrogen-bond acceptors (Lipinski definition) is 10. The van der Waals surface area contributed by atoms with Crippen LogP contribution in [0.3, 0.4) is 0 Å². The molecule has 3 aromatic heterocycles. The van der Waals surface area contributed by atoms with E-state index in [4.69, 9.17) is 20.4 Å². The first-order valence-corrected chi connectivity index (χ1v) is 12.1. The zero-order chi connectivity index (χ0) is 22.9. The van der Waals surface area contributed by atoms with Crippen molar-refractivity contribution in [2.45, 2.75) is 0 Å². The van der Waals surface area contributed by atoms with Crippen molar-refractivity contribution in [1.82, 2.24) is 19.9 Å². The average Bonchev–Trinajstić information content (AvgIpc) is 3.28. The van der Waals surface area contributed by atoms with Gasteiger partial charge in [0.15, 0.2) is 11.6 Å². The number of morpholine rings is 1. The largest absolute Gasteiger partial charge is 0.378 e. The molecule has 0 unspecified atom stereocenters. The molecule has 1 aliphatic rings. The van der Waals surface area contributed by atoms with Gasteiger partial charge < -0.3 is 15.4 Å². The van der Waals surface area contributed by atoms with E-state index in [1.807, 2.05) is 24.3 Å². The zero-order valence-electron chi connectivity index (χ0n) is 17.7. The van der Waals surface area contributed by atoms with Gasteiger partial charge in [0.2, 0.25) is 16.8 Å². The molecule has 0 atom stereocenters. The molecule has 0 radical (unpaired) electrons. The fourth-order valence-corrected chi connectivity index (χ4v) is 5.01. The molecule has 1 saturated heterocycles. The fraction of sp³-hybridized carbons (Fsp3) is 0.238. The second kappa shape index (κ2) is 8.89. The van der Waals surface area contributed by atoms with E-state index in [1.165, 1.54) is 11.4 Å². The lowest BCUT2D eigenvalue weighted by atomic mass is 10.1. The number of aromatic nitrogens is 4. The lowest BCUT2D eigenvalue weighted by Crippen LogP contribution is -2.36. The number of benzene rings is 1. The van der Waals surface area contributed by atoms with E-state index in [9.17, 15) is 8.42 Å². The Labute approximate surface area is 195 Å². The van der Waals surface area contributed by atoms with Crippen LogP contribution < -0.4 is 14.9 Å². The molecule has 0 amide bonds. The summed E-state index contributed by atoms with van der Waals surface area (Å²) in [5.41, 5.74) is 8.62. The van der Waals surface area contributed by atoms with Crippen LogP contribution in [0.15, 0.2) is 42.7 Å². The highest BCUT2D eigenvalue weighted by molar-refractivity contribution is 7.74. The maximum Gasteiger partial charge on any atom is 0.224 e. The van der Waals surface area contributed by atoms with Crippen LogP contribution >= 0.6 is 11.3 Å². The van der Waals surface area contributed by atoms with Crippen LogP contribution in [0.2, 0.25) is 0 Å². The van der Waals surface area contributed by atoms with Gasteiger partial charge in [-0.05, 0) is 23.8 Å². The Morgan fingerprint density at radius 3 is 2.58 bits per heavy atom. The lowest BCUT2D eigenvalue weighted by molar-refractivity contribution is 0.122. The Morgan fingerprint density at radius 1 is 1.09 bits per heavy atom. The standard InChI is InChI=1S/C21H21N7O3S2/c1-27(33(29)30)15-4-2-3-13(9-15)17-10-16-18(32-17)20(28-5-7-31-8-6-28)26-19(25-16)14-11-23-21(22)24-12-14/h2-4,9-12,33H,5-8H2,1H3,(H2,22,23,24). The summed E-state index contributed by atoms with van der Waals surface area (Å²) in [7, 11) is -1.18. The molecule has 0 spiro atoms. The minimum Gasteiger partial charge on any atom is -0.378 e. The van der Waals surface area contributed by atoms with Gasteiger partial charge in [0.05, 0.1) is 34.7 Å². The molecule has 1 aliphatic heterocycles. The highest BCUT2D eigenvalue weighted by atomic mass is 32.2. The third-order valence-electron chi connectivity index (χ3n) is 5.34. The summed E-state index contributed by atoms with van der Waals surface area (Å²) < 4.78 is 30.5. The average molecular weight is 484 g/mol. The molecule has 1 aromatic carbocycles. The van der Waals surface area contributed by atoms with Gasteiger partial charge in [-0.1, -0.05) is 12.1 Å². The third kappa shape index (κ3) is 4.32. The van der Waals surface area contributed by atoms with E-state index in [0.29, 0.717) is 30.3 Å². The molecule has 4 heterocycles. The van der Waals surface area contributed by atoms with Gasteiger partial charge >= 0.3 is 0 Å². The molecule has 4 aromatic rings. The van der Waals surface area contributed by atoms with Crippen molar-refractivity contribution in [1.29, 1.82) is 0 Å². The molecule has 0 aliphatic carbocycles. The number of thiol groups is 1. The molecule has 10 nitrogen and oxygen atoms in total. The predicted molar refractivity (Wildman–Crippen MR) is 130 cm³/mol. The summed E-state index contributed by atoms with van der Waals surface area (Å²) >= 11 is 1.58. The topological polar surface area (TPSA) is 127 Å². The van der Waals surface area contributed by atoms with E-state index in [1.54, 1.807) is 29.8 Å². The minimum atomic E-state index is -2.71. The molecule has 0 bridgehead atoms. The molecule has 5 rings (SSSR count). The van der Waals surface area contributed by atoms with Crippen molar-refractivity contribution in [2.75, 3.05) is 48.3 Å². The van der Waals surface area contributed by atoms with Crippen molar-refractivity contribution in [2.24, 2.45) is 0 Å². The van der Waals surface area contributed by atoms with Crippen LogP contribution in [-0.4, -0.2) is 61.7 Å². The number of nitrogens with zero attached hydrogens (tertiary/aromatic N) is 6. The van der Waals surface area contributed by atoms with E-state index < -0.39 is 10.9 Å². The monoisotopic (exact) mass is 483 g/mol. The van der Waals surface area contributed by atoms with Gasteiger partial charge in [-0.15, -0.1) is 11.3 Å².